The molecule has 0 aliphatic carbocycles. The summed E-state index contributed by atoms with van der Waals surface area (Å²) < 4.78 is 28.5. The Labute approximate surface area is 197 Å². The number of ether oxygens (including phenoxy) is 1. The van der Waals surface area contributed by atoms with Crippen LogP contribution in [0.5, 0.6) is 0 Å². The predicted molar refractivity (Wildman–Crippen MR) is 126 cm³/mol. The largest absolute Gasteiger partial charge is 0.406 e. The zero-order valence-corrected chi connectivity index (χ0v) is 21.0. The highest BCUT2D eigenvalue weighted by Gasteiger charge is 2.60. The second-order valence-electron chi connectivity index (χ2n) is 9.51. The summed E-state index contributed by atoms with van der Waals surface area (Å²) in [5.74, 6) is -0.451. The standard InChI is InChI=1S/C22H29ClFN3O5Si/c1-21(2,3)33(4,5)32-17-15(13-28)31-19(22(17,23)24)27-12-11-16(26-20(27)30)25-18(29)14-9-7-6-8-10-14/h6-12,15,17,19,28H,13H2,1-5H3,(H,25,26,29,30)/t15-,17-,19-,22-/m1/s1. The highest BCUT2D eigenvalue weighted by atomic mass is 35.5. The van der Waals surface area contributed by atoms with Crippen molar-refractivity contribution in [3.8, 4) is 0 Å². The van der Waals surface area contributed by atoms with E-state index >= 15 is 4.39 Å². The quantitative estimate of drug-likeness (QED) is 0.466. The highest BCUT2D eigenvalue weighted by Crippen LogP contribution is 2.49. The van der Waals surface area contributed by atoms with Crippen LogP contribution < -0.4 is 11.0 Å². The van der Waals surface area contributed by atoms with E-state index in [1.165, 1.54) is 12.3 Å². The van der Waals surface area contributed by atoms with Crippen LogP contribution >= 0.6 is 11.6 Å². The third-order valence-electron chi connectivity index (χ3n) is 6.12. The molecule has 1 fully saturated rings. The molecule has 0 radical (unpaired) electrons. The summed E-state index contributed by atoms with van der Waals surface area (Å²) in [5, 5.41) is 9.44. The van der Waals surface area contributed by atoms with Crippen LogP contribution in [0.25, 0.3) is 0 Å². The number of halogens is 2. The Bertz CT molecular complexity index is 1060. The average Bonchev–Trinajstić information content (AvgIpc) is 2.97. The molecule has 1 amide bonds. The van der Waals surface area contributed by atoms with Crippen molar-refractivity contribution in [3.63, 3.8) is 0 Å². The molecule has 4 atom stereocenters. The number of benzene rings is 1. The van der Waals surface area contributed by atoms with E-state index < -0.39 is 50.1 Å². The molecule has 1 aromatic heterocycles. The Morgan fingerprint density at radius 2 is 1.97 bits per heavy atom. The van der Waals surface area contributed by atoms with Crippen molar-refractivity contribution in [2.75, 3.05) is 11.9 Å². The Kier molecular flexibility index (Phi) is 7.16. The second-order valence-corrected chi connectivity index (χ2v) is 14.8. The number of anilines is 1. The van der Waals surface area contributed by atoms with E-state index in [9.17, 15) is 14.7 Å². The number of amides is 1. The maximum absolute atomic E-state index is 15.9. The van der Waals surface area contributed by atoms with Crippen LogP contribution in [0.2, 0.25) is 18.1 Å². The normalized spacial score (nSPS) is 25.8. The van der Waals surface area contributed by atoms with Gasteiger partial charge in [-0.2, -0.15) is 4.98 Å². The maximum Gasteiger partial charge on any atom is 0.351 e. The van der Waals surface area contributed by atoms with Gasteiger partial charge in [0, 0.05) is 11.8 Å². The zero-order valence-electron chi connectivity index (χ0n) is 19.2. The molecule has 180 valence electrons. The number of aliphatic hydroxyl groups is 1. The smallest absolute Gasteiger partial charge is 0.351 e. The first-order valence-corrected chi connectivity index (χ1v) is 13.8. The van der Waals surface area contributed by atoms with Crippen molar-refractivity contribution in [1.29, 1.82) is 0 Å². The fourth-order valence-corrected chi connectivity index (χ4v) is 4.92. The number of carbonyl (C=O) groups excluding carboxylic acids is 1. The molecule has 0 saturated carbocycles. The number of aromatic nitrogens is 2. The molecule has 1 aliphatic heterocycles. The number of nitrogens with one attached hydrogen (secondary N) is 1. The van der Waals surface area contributed by atoms with Crippen LogP contribution in [0, 0.1) is 0 Å². The maximum atomic E-state index is 15.9. The minimum absolute atomic E-state index is 0.00471. The lowest BCUT2D eigenvalue weighted by molar-refractivity contribution is -0.0509. The van der Waals surface area contributed by atoms with Crippen LogP contribution in [-0.2, 0) is 9.16 Å². The van der Waals surface area contributed by atoms with Crippen molar-refractivity contribution < 1.29 is 23.5 Å². The van der Waals surface area contributed by atoms with Gasteiger partial charge < -0.3 is 19.6 Å². The minimum atomic E-state index is -2.64. The third-order valence-corrected chi connectivity index (χ3v) is 11.0. The SMILES string of the molecule is CC(C)(C)[Si](C)(C)O[C@@H]1[C@@H](CO)O[C@@H](n2ccc(NC(=O)c3ccccc3)nc2=O)[C@@]1(F)Cl. The van der Waals surface area contributed by atoms with Gasteiger partial charge in [0.15, 0.2) is 14.5 Å². The molecule has 1 saturated heterocycles. The molecule has 3 rings (SSSR count). The molecule has 1 aromatic carbocycles. The Hall–Kier alpha value is -2.11. The molecule has 2 heterocycles. The monoisotopic (exact) mass is 497 g/mol. The average molecular weight is 498 g/mol. The fraction of sp³-hybridized carbons (Fsp3) is 0.500. The number of hydrogen-bond acceptors (Lipinski definition) is 6. The number of rotatable bonds is 6. The van der Waals surface area contributed by atoms with Gasteiger partial charge in [-0.3, -0.25) is 9.36 Å². The van der Waals surface area contributed by atoms with Gasteiger partial charge in [-0.05, 0) is 36.3 Å². The molecule has 0 spiro atoms. The first-order valence-electron chi connectivity index (χ1n) is 10.6. The minimum Gasteiger partial charge on any atom is -0.406 e. The summed E-state index contributed by atoms with van der Waals surface area (Å²) in [6.45, 7) is 9.30. The second kappa shape index (κ2) is 9.26. The van der Waals surface area contributed by atoms with E-state index in [1.54, 1.807) is 30.3 Å². The van der Waals surface area contributed by atoms with Crippen LogP contribution in [0.3, 0.4) is 0 Å². The van der Waals surface area contributed by atoms with Crippen molar-refractivity contribution in [2.24, 2.45) is 0 Å². The van der Waals surface area contributed by atoms with E-state index in [0.29, 0.717) is 5.56 Å². The number of alkyl halides is 2. The number of carbonyl (C=O) groups is 1. The van der Waals surface area contributed by atoms with E-state index in [0.717, 1.165) is 4.57 Å². The Morgan fingerprint density at radius 1 is 1.33 bits per heavy atom. The number of aliphatic hydroxyl groups excluding tert-OH is 1. The number of hydrogen-bond donors (Lipinski definition) is 2. The third kappa shape index (κ3) is 5.20. The molecule has 0 bridgehead atoms. The number of nitrogens with zero attached hydrogens (tertiary/aromatic N) is 2. The van der Waals surface area contributed by atoms with Crippen molar-refractivity contribution in [3.05, 3.63) is 58.6 Å². The van der Waals surface area contributed by atoms with Crippen molar-refractivity contribution >= 4 is 31.6 Å². The lowest BCUT2D eigenvalue weighted by Crippen LogP contribution is -2.52. The van der Waals surface area contributed by atoms with Crippen LogP contribution in [0.15, 0.2) is 47.4 Å². The van der Waals surface area contributed by atoms with Gasteiger partial charge in [0.25, 0.3) is 11.0 Å². The summed E-state index contributed by atoms with van der Waals surface area (Å²) in [5.41, 5.74) is -0.485. The zero-order chi connectivity index (χ0) is 24.6. The van der Waals surface area contributed by atoms with E-state index in [4.69, 9.17) is 20.8 Å². The summed E-state index contributed by atoms with van der Waals surface area (Å²) in [7, 11) is -2.49. The molecule has 1 aliphatic rings. The van der Waals surface area contributed by atoms with Gasteiger partial charge in [-0.15, -0.1) is 0 Å². The first kappa shape index (κ1) is 25.5. The van der Waals surface area contributed by atoms with Gasteiger partial charge in [0.1, 0.15) is 18.0 Å². The summed E-state index contributed by atoms with van der Waals surface area (Å²) in [6, 6.07) is 9.76. The van der Waals surface area contributed by atoms with Gasteiger partial charge in [0.05, 0.1) is 6.61 Å². The van der Waals surface area contributed by atoms with Crippen molar-refractivity contribution in [1.82, 2.24) is 9.55 Å². The Balaban J connectivity index is 1.85. The predicted octanol–water partition coefficient (Wildman–Crippen LogP) is 3.68. The molecule has 2 aromatic rings. The van der Waals surface area contributed by atoms with Crippen molar-refractivity contribution in [2.45, 2.75) is 62.5 Å². The molecular formula is C22H29ClFN3O5Si. The fourth-order valence-electron chi connectivity index (χ4n) is 3.19. The topological polar surface area (TPSA) is 103 Å². The van der Waals surface area contributed by atoms with Gasteiger partial charge in [-0.1, -0.05) is 50.6 Å². The van der Waals surface area contributed by atoms with Crippen LogP contribution in [-0.4, -0.2) is 52.8 Å². The molecule has 0 unspecified atom stereocenters. The highest BCUT2D eigenvalue weighted by molar-refractivity contribution is 6.74. The summed E-state index contributed by atoms with van der Waals surface area (Å²) >= 11 is 6.28. The molecule has 2 N–H and O–H groups in total. The molecule has 33 heavy (non-hydrogen) atoms. The van der Waals surface area contributed by atoms with E-state index in [1.807, 2.05) is 33.9 Å². The molecular weight excluding hydrogens is 469 g/mol. The lowest BCUT2D eigenvalue weighted by Gasteiger charge is -2.40. The van der Waals surface area contributed by atoms with Gasteiger partial charge >= 0.3 is 5.69 Å². The summed E-state index contributed by atoms with van der Waals surface area (Å²) in [6.07, 6.45) is -2.71. The molecule has 11 heteroatoms. The lowest BCUT2D eigenvalue weighted by atomic mass is 10.1. The van der Waals surface area contributed by atoms with Crippen LogP contribution in [0.4, 0.5) is 10.2 Å². The first-order chi connectivity index (χ1) is 15.3. The summed E-state index contributed by atoms with van der Waals surface area (Å²) in [4.78, 5) is 28.8. The van der Waals surface area contributed by atoms with Crippen LogP contribution in [0.1, 0.15) is 37.4 Å². The van der Waals surface area contributed by atoms with E-state index in [2.05, 4.69) is 10.3 Å². The van der Waals surface area contributed by atoms with Gasteiger partial charge in [0.2, 0.25) is 0 Å². The Morgan fingerprint density at radius 3 is 2.52 bits per heavy atom. The van der Waals surface area contributed by atoms with E-state index in [-0.39, 0.29) is 10.9 Å². The molecule has 8 nitrogen and oxygen atoms in total. The van der Waals surface area contributed by atoms with Gasteiger partial charge in [-0.25, -0.2) is 9.18 Å².